The van der Waals surface area contributed by atoms with Crippen molar-refractivity contribution in [1.82, 2.24) is 0 Å². The van der Waals surface area contributed by atoms with Gasteiger partial charge in [-0.25, -0.2) is 0 Å². The first-order valence-electron chi connectivity index (χ1n) is 7.31. The Labute approximate surface area is 143 Å². The van der Waals surface area contributed by atoms with Crippen LogP contribution in [0.3, 0.4) is 0 Å². The summed E-state index contributed by atoms with van der Waals surface area (Å²) < 4.78 is 0. The van der Waals surface area contributed by atoms with E-state index in [1.165, 1.54) is 36.4 Å². The molecule has 0 aliphatic carbocycles. The number of phenols is 4. The summed E-state index contributed by atoms with van der Waals surface area (Å²) in [5, 5.41) is 37.6. The van der Waals surface area contributed by atoms with Crippen molar-refractivity contribution in [3.8, 4) is 23.0 Å². The van der Waals surface area contributed by atoms with Gasteiger partial charge in [-0.2, -0.15) is 0 Å². The zero-order chi connectivity index (χ0) is 18.4. The Morgan fingerprint density at radius 2 is 1.12 bits per heavy atom. The number of allylic oxidation sites excluding steroid dienone is 2. The van der Waals surface area contributed by atoms with E-state index < -0.39 is 11.6 Å². The second kappa shape index (κ2) is 7.83. The molecule has 0 bridgehead atoms. The summed E-state index contributed by atoms with van der Waals surface area (Å²) in [6, 6.07) is 7.88. The summed E-state index contributed by atoms with van der Waals surface area (Å²) in [4.78, 5) is 23.5. The minimum atomic E-state index is -0.461. The SMILES string of the molecule is O=C(/C=C/c1ccc(O)cc1O)CC(=O)/C=C/c1ccc(O)cc1O. The van der Waals surface area contributed by atoms with Crippen LogP contribution in [0, 0.1) is 0 Å². The lowest BCUT2D eigenvalue weighted by atomic mass is 10.1. The molecular weight excluding hydrogens is 324 g/mol. The average molecular weight is 340 g/mol. The molecule has 0 aliphatic heterocycles. The van der Waals surface area contributed by atoms with E-state index in [0.29, 0.717) is 11.1 Å². The van der Waals surface area contributed by atoms with Gasteiger partial charge in [0.05, 0.1) is 6.42 Å². The highest BCUT2D eigenvalue weighted by Gasteiger charge is 2.06. The third kappa shape index (κ3) is 5.24. The summed E-state index contributed by atoms with van der Waals surface area (Å²) in [5.74, 6) is -1.48. The predicted octanol–water partition coefficient (Wildman–Crippen LogP) is 2.76. The number of benzene rings is 2. The lowest BCUT2D eigenvalue weighted by molar-refractivity contribution is -0.121. The van der Waals surface area contributed by atoms with Crippen molar-refractivity contribution in [2.24, 2.45) is 0 Å². The first-order chi connectivity index (χ1) is 11.8. The van der Waals surface area contributed by atoms with E-state index in [4.69, 9.17) is 0 Å². The van der Waals surface area contributed by atoms with E-state index in [9.17, 15) is 30.0 Å². The topological polar surface area (TPSA) is 115 Å². The van der Waals surface area contributed by atoms with E-state index >= 15 is 0 Å². The van der Waals surface area contributed by atoms with Crippen LogP contribution >= 0.6 is 0 Å². The summed E-state index contributed by atoms with van der Waals surface area (Å²) in [7, 11) is 0. The minimum Gasteiger partial charge on any atom is -0.508 e. The lowest BCUT2D eigenvalue weighted by Crippen LogP contribution is -2.01. The molecule has 0 radical (unpaired) electrons. The summed E-state index contributed by atoms with van der Waals surface area (Å²) in [6.45, 7) is 0. The van der Waals surface area contributed by atoms with Gasteiger partial charge in [0, 0.05) is 23.3 Å². The van der Waals surface area contributed by atoms with Crippen molar-refractivity contribution in [2.75, 3.05) is 0 Å². The molecule has 0 heterocycles. The Hall–Kier alpha value is -3.54. The largest absolute Gasteiger partial charge is 0.508 e. The van der Waals surface area contributed by atoms with E-state index in [-0.39, 0.29) is 29.4 Å². The molecule has 2 aromatic rings. The molecule has 0 fully saturated rings. The molecule has 25 heavy (non-hydrogen) atoms. The van der Waals surface area contributed by atoms with Crippen LogP contribution in [-0.4, -0.2) is 32.0 Å². The van der Waals surface area contributed by atoms with Gasteiger partial charge in [-0.05, 0) is 48.6 Å². The van der Waals surface area contributed by atoms with E-state index in [2.05, 4.69) is 0 Å². The highest BCUT2D eigenvalue weighted by Crippen LogP contribution is 2.24. The fraction of sp³-hybridized carbons (Fsp3) is 0.0526. The summed E-state index contributed by atoms with van der Waals surface area (Å²) in [6.07, 6.45) is 4.65. The molecule has 6 heteroatoms. The van der Waals surface area contributed by atoms with Gasteiger partial charge in [0.2, 0.25) is 0 Å². The average Bonchev–Trinajstić information content (AvgIpc) is 2.53. The number of rotatable bonds is 6. The van der Waals surface area contributed by atoms with E-state index in [1.54, 1.807) is 0 Å². The smallest absolute Gasteiger partial charge is 0.163 e. The van der Waals surface area contributed by atoms with E-state index in [1.807, 2.05) is 0 Å². The number of hydrogen-bond acceptors (Lipinski definition) is 6. The van der Waals surface area contributed by atoms with Gasteiger partial charge in [-0.15, -0.1) is 0 Å². The number of carbonyl (C=O) groups excluding carboxylic acids is 2. The molecule has 0 unspecified atom stereocenters. The maximum Gasteiger partial charge on any atom is 0.163 e. The van der Waals surface area contributed by atoms with Gasteiger partial charge in [-0.1, -0.05) is 0 Å². The van der Waals surface area contributed by atoms with Crippen molar-refractivity contribution in [3.63, 3.8) is 0 Å². The van der Waals surface area contributed by atoms with Crippen LogP contribution in [-0.2, 0) is 9.59 Å². The second-order valence-electron chi connectivity index (χ2n) is 5.26. The number of hydrogen-bond donors (Lipinski definition) is 4. The molecule has 6 nitrogen and oxygen atoms in total. The zero-order valence-electron chi connectivity index (χ0n) is 13.1. The number of phenolic OH excluding ortho intramolecular Hbond substituents is 4. The Bertz CT molecular complexity index is 793. The summed E-state index contributed by atoms with van der Waals surface area (Å²) >= 11 is 0. The highest BCUT2D eigenvalue weighted by molar-refractivity contribution is 6.11. The molecule has 0 spiro atoms. The normalized spacial score (nSPS) is 11.2. The molecule has 4 N–H and O–H groups in total. The van der Waals surface area contributed by atoms with Gasteiger partial charge in [0.1, 0.15) is 23.0 Å². The minimum absolute atomic E-state index is 0.0984. The molecule has 128 valence electrons. The Morgan fingerprint density at radius 3 is 1.48 bits per heavy atom. The fourth-order valence-electron chi connectivity index (χ4n) is 2.00. The lowest BCUT2D eigenvalue weighted by Gasteiger charge is -2.00. The molecule has 0 aliphatic rings. The van der Waals surface area contributed by atoms with Crippen LogP contribution in [0.4, 0.5) is 0 Å². The van der Waals surface area contributed by atoms with Crippen LogP contribution in [0.25, 0.3) is 12.2 Å². The summed E-state index contributed by atoms with van der Waals surface area (Å²) in [5.41, 5.74) is 0.673. The monoisotopic (exact) mass is 340 g/mol. The van der Waals surface area contributed by atoms with Gasteiger partial charge in [-0.3, -0.25) is 9.59 Å². The van der Waals surface area contributed by atoms with Gasteiger partial charge < -0.3 is 20.4 Å². The van der Waals surface area contributed by atoms with Crippen LogP contribution in [0.5, 0.6) is 23.0 Å². The molecule has 0 saturated heterocycles. The molecule has 0 atom stereocenters. The Kier molecular flexibility index (Phi) is 5.58. The maximum atomic E-state index is 11.8. The predicted molar refractivity (Wildman–Crippen MR) is 92.2 cm³/mol. The first-order valence-corrected chi connectivity index (χ1v) is 7.31. The third-order valence-electron chi connectivity index (χ3n) is 3.27. The molecule has 2 rings (SSSR count). The van der Waals surface area contributed by atoms with E-state index in [0.717, 1.165) is 24.3 Å². The standard InChI is InChI=1S/C19H16O6/c20-14(5-1-12-3-7-16(22)10-18(12)24)9-15(21)6-2-13-4-8-17(23)11-19(13)25/h1-8,10-11,22-25H,9H2/b5-1+,6-2+. The van der Waals surface area contributed by atoms with Crippen molar-refractivity contribution >= 4 is 23.7 Å². The Balaban J connectivity index is 1.96. The van der Waals surface area contributed by atoms with Crippen LogP contribution in [0.1, 0.15) is 17.5 Å². The highest BCUT2D eigenvalue weighted by atomic mass is 16.3. The van der Waals surface area contributed by atoms with Crippen LogP contribution in [0.15, 0.2) is 48.6 Å². The number of ketones is 2. The van der Waals surface area contributed by atoms with Gasteiger partial charge in [0.25, 0.3) is 0 Å². The quantitative estimate of drug-likeness (QED) is 0.475. The zero-order valence-corrected chi connectivity index (χ0v) is 13.1. The van der Waals surface area contributed by atoms with Crippen molar-refractivity contribution < 1.29 is 30.0 Å². The molecule has 0 aromatic heterocycles. The van der Waals surface area contributed by atoms with Crippen molar-refractivity contribution in [1.29, 1.82) is 0 Å². The molecular formula is C19H16O6. The molecule has 0 amide bonds. The fourth-order valence-corrected chi connectivity index (χ4v) is 2.00. The van der Waals surface area contributed by atoms with Crippen molar-refractivity contribution in [3.05, 3.63) is 59.7 Å². The number of aromatic hydroxyl groups is 4. The first kappa shape index (κ1) is 17.8. The molecule has 0 saturated carbocycles. The number of carbonyl (C=O) groups is 2. The van der Waals surface area contributed by atoms with Gasteiger partial charge >= 0.3 is 0 Å². The van der Waals surface area contributed by atoms with Gasteiger partial charge in [0.15, 0.2) is 11.6 Å². The van der Waals surface area contributed by atoms with Crippen molar-refractivity contribution in [2.45, 2.75) is 6.42 Å². The van der Waals surface area contributed by atoms with Crippen LogP contribution < -0.4 is 0 Å². The second-order valence-corrected chi connectivity index (χ2v) is 5.26. The Morgan fingerprint density at radius 1 is 0.720 bits per heavy atom. The maximum absolute atomic E-state index is 11.8. The molecule has 2 aromatic carbocycles. The van der Waals surface area contributed by atoms with Crippen LogP contribution in [0.2, 0.25) is 0 Å². The third-order valence-corrected chi connectivity index (χ3v) is 3.27.